The lowest BCUT2D eigenvalue weighted by Crippen LogP contribution is -3.00. The summed E-state index contributed by atoms with van der Waals surface area (Å²) in [5.74, 6) is -1.00. The monoisotopic (exact) mass is 456 g/mol. The minimum Gasteiger partial charge on any atom is -1.00 e. The third-order valence-corrected chi connectivity index (χ3v) is 5.15. The van der Waals surface area contributed by atoms with Crippen LogP contribution in [0.4, 0.5) is 0 Å². The number of pyridine rings is 1. The molecule has 0 fully saturated rings. The Kier molecular flexibility index (Phi) is 22.8. The molecule has 5 heteroatoms. The maximum atomic E-state index is 9.89. The summed E-state index contributed by atoms with van der Waals surface area (Å²) in [6.45, 7) is 3.54. The fourth-order valence-electron chi connectivity index (χ4n) is 3.46. The summed E-state index contributed by atoms with van der Waals surface area (Å²) in [7, 11) is 5.40. The minimum absolute atomic E-state index is 0. The number of quaternary nitrogens is 1. The van der Waals surface area contributed by atoms with E-state index in [4.69, 9.17) is 0 Å². The van der Waals surface area contributed by atoms with Crippen molar-refractivity contribution in [3.8, 4) is 0 Å². The number of carboxylic acid groups (broad SMARTS) is 1. The first-order chi connectivity index (χ1) is 14.3. The Balaban J connectivity index is 0. The highest BCUT2D eigenvalue weighted by atomic mass is 35.5. The number of hydrogen-bond donors (Lipinski definition) is 0. The Morgan fingerprint density at radius 1 is 0.710 bits per heavy atom. The summed E-state index contributed by atoms with van der Waals surface area (Å²) in [4.78, 5) is 9.89. The first-order valence-corrected chi connectivity index (χ1v) is 12.3. The van der Waals surface area contributed by atoms with E-state index in [2.05, 4.69) is 42.1 Å². The van der Waals surface area contributed by atoms with Crippen LogP contribution in [-0.2, 0) is 11.3 Å². The highest BCUT2D eigenvalue weighted by Gasteiger charge is 2.04. The van der Waals surface area contributed by atoms with Crippen molar-refractivity contribution in [1.29, 1.82) is 0 Å². The summed E-state index contributed by atoms with van der Waals surface area (Å²) in [5, 5.41) is 9.89. The van der Waals surface area contributed by atoms with Crippen LogP contribution < -0.4 is 22.1 Å². The third-order valence-electron chi connectivity index (χ3n) is 5.15. The molecular weight excluding hydrogens is 408 g/mol. The smallest absolute Gasteiger partial charge is 0.168 e. The second kappa shape index (κ2) is 22.1. The van der Waals surface area contributed by atoms with Crippen LogP contribution in [0.3, 0.4) is 0 Å². The van der Waals surface area contributed by atoms with Gasteiger partial charge in [0, 0.05) is 18.6 Å². The topological polar surface area (TPSA) is 44.0 Å². The predicted molar refractivity (Wildman–Crippen MR) is 125 cm³/mol. The zero-order valence-electron chi connectivity index (χ0n) is 20.8. The Bertz CT molecular complexity index is 504. The molecule has 0 saturated carbocycles. The van der Waals surface area contributed by atoms with E-state index >= 15 is 0 Å². The maximum Gasteiger partial charge on any atom is 0.168 e. The standard InChI is InChI=1S/C21H38N.C5H11NO2.ClH/c1-2-3-4-5-6-7-8-9-10-11-12-13-14-16-19-22-20-17-15-18-21-22;1-6(2,3)4-5(7)8;/h15,17-18,20-21H,2-14,16,19H2,1H3;4H2,1-3H3;1H/q+1;;/p-1. The van der Waals surface area contributed by atoms with Gasteiger partial charge in [-0.3, -0.25) is 0 Å². The number of halogens is 1. The van der Waals surface area contributed by atoms with E-state index in [1.807, 2.05) is 0 Å². The molecule has 0 aliphatic heterocycles. The van der Waals surface area contributed by atoms with Gasteiger partial charge in [0.15, 0.2) is 12.4 Å². The van der Waals surface area contributed by atoms with Crippen LogP contribution in [0.15, 0.2) is 30.6 Å². The van der Waals surface area contributed by atoms with Crippen LogP contribution in [-0.4, -0.2) is 38.1 Å². The molecule has 0 atom stereocenters. The van der Waals surface area contributed by atoms with Gasteiger partial charge < -0.3 is 26.8 Å². The van der Waals surface area contributed by atoms with E-state index in [1.54, 1.807) is 21.1 Å². The van der Waals surface area contributed by atoms with Gasteiger partial charge in [-0.1, -0.05) is 90.0 Å². The highest BCUT2D eigenvalue weighted by molar-refractivity contribution is 5.65. The molecule has 0 saturated heterocycles. The van der Waals surface area contributed by atoms with Crippen LogP contribution in [0.2, 0.25) is 0 Å². The van der Waals surface area contributed by atoms with E-state index in [1.165, 1.54) is 96.4 Å². The quantitative estimate of drug-likeness (QED) is 0.204. The number of aromatic nitrogens is 1. The molecule has 1 aromatic rings. The molecule has 4 nitrogen and oxygen atoms in total. The van der Waals surface area contributed by atoms with Crippen LogP contribution in [0.25, 0.3) is 0 Å². The third kappa shape index (κ3) is 26.8. The summed E-state index contributed by atoms with van der Waals surface area (Å²) in [6.07, 6.45) is 24.4. The van der Waals surface area contributed by atoms with E-state index in [9.17, 15) is 9.90 Å². The first-order valence-electron chi connectivity index (χ1n) is 12.3. The number of hydrogen-bond acceptors (Lipinski definition) is 2. The molecule has 31 heavy (non-hydrogen) atoms. The molecule has 1 rings (SSSR count). The average molecular weight is 457 g/mol. The largest absolute Gasteiger partial charge is 1.00 e. The van der Waals surface area contributed by atoms with Crippen molar-refractivity contribution in [3.63, 3.8) is 0 Å². The zero-order chi connectivity index (χ0) is 22.5. The lowest BCUT2D eigenvalue weighted by Gasteiger charge is -2.23. The summed E-state index contributed by atoms with van der Waals surface area (Å²) < 4.78 is 2.71. The number of carboxylic acids is 1. The number of carbonyl (C=O) groups excluding carboxylic acids is 1. The number of nitrogens with zero attached hydrogens (tertiary/aromatic N) is 2. The summed E-state index contributed by atoms with van der Waals surface area (Å²) >= 11 is 0. The van der Waals surface area contributed by atoms with Crippen LogP contribution in [0, 0.1) is 0 Å². The number of aryl methyl sites for hydroxylation is 1. The average Bonchev–Trinajstić information content (AvgIpc) is 2.67. The van der Waals surface area contributed by atoms with Crippen molar-refractivity contribution in [2.45, 2.75) is 103 Å². The van der Waals surface area contributed by atoms with E-state index in [-0.39, 0.29) is 19.0 Å². The van der Waals surface area contributed by atoms with E-state index < -0.39 is 5.97 Å². The summed E-state index contributed by atoms with van der Waals surface area (Å²) in [5.41, 5.74) is 0. The Morgan fingerprint density at radius 2 is 1.10 bits per heavy atom. The number of carbonyl (C=O) groups is 1. The molecular formula is C26H49ClN2O2. The van der Waals surface area contributed by atoms with Crippen molar-refractivity contribution in [1.82, 2.24) is 0 Å². The molecule has 0 aliphatic rings. The first kappa shape index (κ1) is 32.1. The fourth-order valence-corrected chi connectivity index (χ4v) is 3.46. The second-order valence-corrected chi connectivity index (χ2v) is 9.53. The maximum absolute atomic E-state index is 9.89. The molecule has 0 amide bonds. The summed E-state index contributed by atoms with van der Waals surface area (Å²) in [6, 6.07) is 6.31. The SMILES string of the molecule is CCCCCCCCCCCCCCCC[n+]1ccccc1.C[N+](C)(C)CC(=O)[O-].[Cl-]. The number of unbranched alkanes of at least 4 members (excludes halogenated alkanes) is 13. The highest BCUT2D eigenvalue weighted by Crippen LogP contribution is 2.12. The van der Waals surface area contributed by atoms with Gasteiger partial charge in [-0.05, 0) is 6.42 Å². The second-order valence-electron chi connectivity index (χ2n) is 9.53. The van der Waals surface area contributed by atoms with E-state index in [0.29, 0.717) is 4.48 Å². The molecule has 0 aliphatic carbocycles. The number of aliphatic carboxylic acids is 1. The van der Waals surface area contributed by atoms with Crippen LogP contribution >= 0.6 is 0 Å². The number of rotatable bonds is 17. The van der Waals surface area contributed by atoms with Crippen molar-refractivity contribution < 1.29 is 31.4 Å². The molecule has 0 bridgehead atoms. The van der Waals surface area contributed by atoms with Gasteiger partial charge in [0.1, 0.15) is 13.1 Å². The zero-order valence-corrected chi connectivity index (χ0v) is 21.5. The van der Waals surface area contributed by atoms with Gasteiger partial charge in [-0.2, -0.15) is 0 Å². The fraction of sp³-hybridized carbons (Fsp3) is 0.769. The van der Waals surface area contributed by atoms with Crippen LogP contribution in [0.1, 0.15) is 96.8 Å². The molecule has 0 radical (unpaired) electrons. The molecule has 0 N–H and O–H groups in total. The van der Waals surface area contributed by atoms with Gasteiger partial charge in [0.25, 0.3) is 0 Å². The Hall–Kier alpha value is -1.13. The van der Waals surface area contributed by atoms with Gasteiger partial charge in [-0.25, -0.2) is 4.57 Å². The molecule has 1 heterocycles. The Labute approximate surface area is 199 Å². The van der Waals surface area contributed by atoms with Crippen LogP contribution in [0.5, 0.6) is 0 Å². The lowest BCUT2D eigenvalue weighted by molar-refractivity contribution is -0.864. The molecule has 0 unspecified atom stereocenters. The Morgan fingerprint density at radius 3 is 1.42 bits per heavy atom. The normalized spacial score (nSPS) is 10.7. The van der Waals surface area contributed by atoms with Gasteiger partial charge >= 0.3 is 0 Å². The van der Waals surface area contributed by atoms with Gasteiger partial charge in [0.05, 0.1) is 27.1 Å². The number of likely N-dealkylation sites (N-methyl/N-ethyl adjacent to an activating group) is 1. The minimum atomic E-state index is -1.00. The van der Waals surface area contributed by atoms with Gasteiger partial charge in [0.2, 0.25) is 0 Å². The van der Waals surface area contributed by atoms with Crippen molar-refractivity contribution >= 4 is 5.97 Å². The lowest BCUT2D eigenvalue weighted by atomic mass is 10.0. The predicted octanol–water partition coefficient (Wildman–Crippen LogP) is 1.90. The molecule has 0 aromatic carbocycles. The van der Waals surface area contributed by atoms with E-state index in [0.717, 1.165) is 0 Å². The molecule has 1 aromatic heterocycles. The van der Waals surface area contributed by atoms with Crippen molar-refractivity contribution in [2.75, 3.05) is 27.7 Å². The molecule has 0 spiro atoms. The molecule has 182 valence electrons. The van der Waals surface area contributed by atoms with Crippen molar-refractivity contribution in [3.05, 3.63) is 30.6 Å². The van der Waals surface area contributed by atoms with Crippen molar-refractivity contribution in [2.24, 2.45) is 0 Å². The van der Waals surface area contributed by atoms with Gasteiger partial charge in [-0.15, -0.1) is 0 Å².